The molecule has 0 bridgehead atoms. The van der Waals surface area contributed by atoms with Crippen LogP contribution in [0.1, 0.15) is 74.2 Å². The third-order valence-corrected chi connectivity index (χ3v) is 9.19. The van der Waals surface area contributed by atoms with E-state index >= 15 is 0 Å². The van der Waals surface area contributed by atoms with Crippen molar-refractivity contribution in [2.24, 2.45) is 0 Å². The summed E-state index contributed by atoms with van der Waals surface area (Å²) in [5.41, 5.74) is 0.188. The molecule has 3 aromatic rings. The maximum atomic E-state index is 13.3. The van der Waals surface area contributed by atoms with Crippen LogP contribution in [-0.4, -0.2) is 30.9 Å². The smallest absolute Gasteiger partial charge is 0.274 e. The van der Waals surface area contributed by atoms with Crippen LogP contribution in [0.3, 0.4) is 0 Å². The molecule has 35 heavy (non-hydrogen) atoms. The van der Waals surface area contributed by atoms with Gasteiger partial charge in [0, 0.05) is 6.42 Å². The van der Waals surface area contributed by atoms with Gasteiger partial charge in [0.25, 0.3) is 10.0 Å². The summed E-state index contributed by atoms with van der Waals surface area (Å²) in [5.74, 6) is 0.150. The Bertz CT molecular complexity index is 1360. The Morgan fingerprint density at radius 1 is 0.800 bits per heavy atom. The Balaban J connectivity index is 2.04. The largest absolute Gasteiger partial charge is 0.301 e. The first-order valence-corrected chi connectivity index (χ1v) is 14.9. The molecule has 0 unspecified atom stereocenters. The highest BCUT2D eigenvalue weighted by Crippen LogP contribution is 2.24. The Labute approximate surface area is 208 Å². The normalized spacial score (nSPS) is 12.1. The van der Waals surface area contributed by atoms with Gasteiger partial charge < -0.3 is 0 Å². The fourth-order valence-electron chi connectivity index (χ4n) is 3.89. The van der Waals surface area contributed by atoms with Gasteiger partial charge in [-0.3, -0.25) is 4.79 Å². The average molecular weight is 517 g/mol. The fraction of sp³-hybridized carbons (Fsp3) is 0.385. The molecule has 0 N–H and O–H groups in total. The van der Waals surface area contributed by atoms with Gasteiger partial charge >= 0.3 is 5.12 Å². The number of hydrogen-bond donors (Lipinski definition) is 0. The summed E-state index contributed by atoms with van der Waals surface area (Å²) in [4.78, 5) is 17.5. The Morgan fingerprint density at radius 3 is 2.06 bits per heavy atom. The molecule has 0 amide bonds. The lowest BCUT2D eigenvalue weighted by molar-refractivity contribution is 0.107. The number of carbonyl (C=O) groups is 1. The first-order valence-electron chi connectivity index (χ1n) is 12.0. The number of rotatable bonds is 12. The standard InChI is InChI=1S/C26H32N2O5S2/c1-3-5-8-14-21-15-12-13-18-24(21)34(30,31)26(29)23-20-28(25(27-23)19-9-6-4-2)35(32,33)22-16-10-7-11-17-22/h7,10-13,15-18,20H,3-6,8-9,14,19H2,1-2H3. The second kappa shape index (κ2) is 11.8. The van der Waals surface area contributed by atoms with Gasteiger partial charge in [0.15, 0.2) is 0 Å². The molecule has 3 rings (SSSR count). The maximum Gasteiger partial charge on any atom is 0.301 e. The van der Waals surface area contributed by atoms with Crippen molar-refractivity contribution in [3.63, 3.8) is 0 Å². The molecule has 0 saturated heterocycles. The van der Waals surface area contributed by atoms with E-state index in [1.807, 2.05) is 6.92 Å². The van der Waals surface area contributed by atoms with Gasteiger partial charge in [-0.25, -0.2) is 25.8 Å². The highest BCUT2D eigenvalue weighted by Gasteiger charge is 2.33. The minimum Gasteiger partial charge on any atom is -0.274 e. The van der Waals surface area contributed by atoms with Crippen molar-refractivity contribution < 1.29 is 21.6 Å². The zero-order valence-electron chi connectivity index (χ0n) is 20.2. The SMILES string of the molecule is CCCCCc1ccccc1S(=O)(=O)C(=O)c1cn(S(=O)(=O)c2ccccc2)c(CCCCC)n1. The highest BCUT2D eigenvalue weighted by atomic mass is 32.2. The van der Waals surface area contributed by atoms with Crippen LogP contribution in [0.5, 0.6) is 0 Å². The number of unbranched alkanes of at least 4 members (excludes halogenated alkanes) is 4. The number of imidazole rings is 1. The van der Waals surface area contributed by atoms with Crippen molar-refractivity contribution in [3.05, 3.63) is 77.9 Å². The molecule has 0 saturated carbocycles. The summed E-state index contributed by atoms with van der Waals surface area (Å²) in [6.45, 7) is 4.08. The predicted octanol–water partition coefficient (Wildman–Crippen LogP) is 5.20. The summed E-state index contributed by atoms with van der Waals surface area (Å²) < 4.78 is 54.2. The van der Waals surface area contributed by atoms with Gasteiger partial charge in [-0.15, -0.1) is 0 Å². The summed E-state index contributed by atoms with van der Waals surface area (Å²) in [6.07, 6.45) is 7.07. The molecule has 0 aliphatic heterocycles. The molecule has 188 valence electrons. The lowest BCUT2D eigenvalue weighted by Gasteiger charge is -2.09. The molecule has 0 aliphatic rings. The van der Waals surface area contributed by atoms with E-state index in [-0.39, 0.29) is 21.3 Å². The summed E-state index contributed by atoms with van der Waals surface area (Å²) in [5, 5.41) is -1.20. The number of hydrogen-bond acceptors (Lipinski definition) is 6. The van der Waals surface area contributed by atoms with Crippen molar-refractivity contribution in [1.82, 2.24) is 8.96 Å². The summed E-state index contributed by atoms with van der Waals surface area (Å²) in [6, 6.07) is 14.3. The minimum absolute atomic E-state index is 0.0391. The van der Waals surface area contributed by atoms with Gasteiger partial charge in [-0.2, -0.15) is 0 Å². The molecular formula is C26H32N2O5S2. The van der Waals surface area contributed by atoms with Crippen molar-refractivity contribution in [2.45, 2.75) is 75.0 Å². The van der Waals surface area contributed by atoms with Crippen molar-refractivity contribution >= 4 is 25.0 Å². The van der Waals surface area contributed by atoms with Crippen LogP contribution < -0.4 is 0 Å². The minimum atomic E-state index is -4.41. The molecule has 1 heterocycles. The second-order valence-corrected chi connectivity index (χ2v) is 12.1. The van der Waals surface area contributed by atoms with Crippen LogP contribution in [-0.2, 0) is 32.7 Å². The number of carbonyl (C=O) groups excluding carboxylic acids is 1. The van der Waals surface area contributed by atoms with Crippen LogP contribution in [0.4, 0.5) is 0 Å². The fourth-order valence-corrected chi connectivity index (χ4v) is 6.61. The quantitative estimate of drug-likeness (QED) is 0.307. The second-order valence-electron chi connectivity index (χ2n) is 8.47. The zero-order valence-corrected chi connectivity index (χ0v) is 21.8. The molecule has 1 aromatic heterocycles. The van der Waals surface area contributed by atoms with Crippen LogP contribution in [0.15, 0.2) is 70.6 Å². The van der Waals surface area contributed by atoms with E-state index in [1.165, 1.54) is 18.2 Å². The molecule has 2 aromatic carbocycles. The van der Waals surface area contributed by atoms with Gasteiger partial charge in [-0.05, 0) is 43.0 Å². The molecule has 0 fully saturated rings. The molecule has 0 radical (unpaired) electrons. The van der Waals surface area contributed by atoms with E-state index in [1.54, 1.807) is 36.4 Å². The predicted molar refractivity (Wildman–Crippen MR) is 136 cm³/mol. The van der Waals surface area contributed by atoms with Crippen LogP contribution in [0.2, 0.25) is 0 Å². The molecule has 0 spiro atoms. The van der Waals surface area contributed by atoms with Gasteiger partial charge in [0.1, 0.15) is 11.5 Å². The zero-order chi connectivity index (χ0) is 25.5. The average Bonchev–Trinajstić information content (AvgIpc) is 3.29. The topological polar surface area (TPSA) is 103 Å². The maximum absolute atomic E-state index is 13.3. The molecule has 0 atom stereocenters. The van der Waals surface area contributed by atoms with Crippen molar-refractivity contribution in [1.29, 1.82) is 0 Å². The lowest BCUT2D eigenvalue weighted by atomic mass is 10.1. The van der Waals surface area contributed by atoms with Gasteiger partial charge in [0.2, 0.25) is 9.84 Å². The van der Waals surface area contributed by atoms with Crippen LogP contribution in [0.25, 0.3) is 0 Å². The summed E-state index contributed by atoms with van der Waals surface area (Å²) >= 11 is 0. The third-order valence-electron chi connectivity index (χ3n) is 5.81. The van der Waals surface area contributed by atoms with E-state index in [0.29, 0.717) is 24.8 Å². The van der Waals surface area contributed by atoms with Crippen molar-refractivity contribution in [2.75, 3.05) is 0 Å². The third kappa shape index (κ3) is 6.08. The highest BCUT2D eigenvalue weighted by molar-refractivity contribution is 8.06. The number of nitrogens with zero attached hydrogens (tertiary/aromatic N) is 2. The van der Waals surface area contributed by atoms with Crippen LogP contribution >= 0.6 is 0 Å². The van der Waals surface area contributed by atoms with Gasteiger partial charge in [-0.1, -0.05) is 75.9 Å². The van der Waals surface area contributed by atoms with Crippen molar-refractivity contribution in [3.8, 4) is 0 Å². The monoisotopic (exact) mass is 516 g/mol. The van der Waals surface area contributed by atoms with E-state index in [2.05, 4.69) is 11.9 Å². The molecule has 9 heteroatoms. The number of benzene rings is 2. The number of aryl methyl sites for hydroxylation is 2. The van der Waals surface area contributed by atoms with Gasteiger partial charge in [0.05, 0.1) is 16.0 Å². The molecule has 0 aliphatic carbocycles. The first kappa shape index (κ1) is 26.8. The Morgan fingerprint density at radius 2 is 1.40 bits per heavy atom. The van der Waals surface area contributed by atoms with E-state index in [0.717, 1.165) is 42.3 Å². The number of aromatic nitrogens is 2. The molecule has 7 nitrogen and oxygen atoms in total. The number of sulfone groups is 1. The van der Waals surface area contributed by atoms with E-state index in [9.17, 15) is 21.6 Å². The molecular weight excluding hydrogens is 484 g/mol. The summed E-state index contributed by atoms with van der Waals surface area (Å²) in [7, 11) is -8.45. The Hall–Kier alpha value is -2.78. The van der Waals surface area contributed by atoms with E-state index in [4.69, 9.17) is 0 Å². The Kier molecular flexibility index (Phi) is 9.02. The lowest BCUT2D eigenvalue weighted by Crippen LogP contribution is -2.18. The first-order chi connectivity index (χ1) is 16.7. The van der Waals surface area contributed by atoms with Crippen LogP contribution in [0, 0.1) is 0 Å². The van der Waals surface area contributed by atoms with E-state index < -0.39 is 25.0 Å².